The highest BCUT2D eigenvalue weighted by Crippen LogP contribution is 2.17. The number of rotatable bonds is 3. The Morgan fingerprint density at radius 1 is 1.06 bits per heavy atom. The highest BCUT2D eigenvalue weighted by atomic mass is 14.8. The first kappa shape index (κ1) is 10.8. The molecule has 0 amide bonds. The van der Waals surface area contributed by atoms with Crippen LogP contribution in [0.5, 0.6) is 0 Å². The zero-order chi connectivity index (χ0) is 11.4. The van der Waals surface area contributed by atoms with Crippen LogP contribution in [0.1, 0.15) is 12.5 Å². The van der Waals surface area contributed by atoms with Crippen molar-refractivity contribution in [1.29, 1.82) is 0 Å². The van der Waals surface area contributed by atoms with E-state index in [-0.39, 0.29) is 6.04 Å². The first-order chi connectivity index (χ1) is 7.75. The summed E-state index contributed by atoms with van der Waals surface area (Å²) < 4.78 is 0. The normalized spacial score (nSPS) is 12.4. The molecular formula is C13H15N3. The fraction of sp³-hybridized carbons (Fsp3) is 0.231. The Morgan fingerprint density at radius 3 is 2.25 bits per heavy atom. The molecule has 2 N–H and O–H groups in total. The molecule has 0 saturated carbocycles. The van der Waals surface area contributed by atoms with Gasteiger partial charge in [-0.25, -0.2) is 9.97 Å². The molecule has 1 atom stereocenters. The molecule has 0 spiro atoms. The lowest BCUT2D eigenvalue weighted by Gasteiger charge is -2.06. The SMILES string of the molecule is CC(N)Cc1ccc(-c2cncnc2)cc1. The zero-order valence-corrected chi connectivity index (χ0v) is 9.30. The largest absolute Gasteiger partial charge is 0.328 e. The summed E-state index contributed by atoms with van der Waals surface area (Å²) in [5.41, 5.74) is 9.18. The van der Waals surface area contributed by atoms with Gasteiger partial charge in [-0.15, -0.1) is 0 Å². The third-order valence-electron chi connectivity index (χ3n) is 2.41. The Morgan fingerprint density at radius 2 is 1.69 bits per heavy atom. The van der Waals surface area contributed by atoms with E-state index in [4.69, 9.17) is 5.73 Å². The number of hydrogen-bond donors (Lipinski definition) is 1. The van der Waals surface area contributed by atoms with Crippen LogP contribution in [-0.4, -0.2) is 16.0 Å². The molecule has 3 nitrogen and oxygen atoms in total. The average Bonchev–Trinajstić information content (AvgIpc) is 2.30. The van der Waals surface area contributed by atoms with Gasteiger partial charge in [-0.1, -0.05) is 24.3 Å². The Kier molecular flexibility index (Phi) is 3.27. The number of nitrogens with two attached hydrogens (primary N) is 1. The molecule has 1 aromatic heterocycles. The van der Waals surface area contributed by atoms with Crippen LogP contribution in [0.15, 0.2) is 43.0 Å². The highest BCUT2D eigenvalue weighted by Gasteiger charge is 2.00. The smallest absolute Gasteiger partial charge is 0.115 e. The van der Waals surface area contributed by atoms with E-state index in [1.807, 2.05) is 19.3 Å². The van der Waals surface area contributed by atoms with E-state index in [0.717, 1.165) is 17.5 Å². The summed E-state index contributed by atoms with van der Waals surface area (Å²) in [7, 11) is 0. The lowest BCUT2D eigenvalue weighted by molar-refractivity contribution is 0.738. The zero-order valence-electron chi connectivity index (χ0n) is 9.30. The molecular weight excluding hydrogens is 198 g/mol. The second-order valence-electron chi connectivity index (χ2n) is 4.01. The number of nitrogens with zero attached hydrogens (tertiary/aromatic N) is 2. The van der Waals surface area contributed by atoms with Crippen LogP contribution in [0.4, 0.5) is 0 Å². The lowest BCUT2D eigenvalue weighted by Crippen LogP contribution is -2.17. The van der Waals surface area contributed by atoms with Gasteiger partial charge in [0.15, 0.2) is 0 Å². The topological polar surface area (TPSA) is 51.8 Å². The molecule has 82 valence electrons. The monoisotopic (exact) mass is 213 g/mol. The first-order valence-corrected chi connectivity index (χ1v) is 5.35. The molecule has 2 aromatic rings. The maximum Gasteiger partial charge on any atom is 0.115 e. The van der Waals surface area contributed by atoms with Crippen molar-refractivity contribution in [2.24, 2.45) is 5.73 Å². The Hall–Kier alpha value is -1.74. The van der Waals surface area contributed by atoms with E-state index in [9.17, 15) is 0 Å². The summed E-state index contributed by atoms with van der Waals surface area (Å²) in [5, 5.41) is 0. The molecule has 1 unspecified atom stereocenters. The van der Waals surface area contributed by atoms with Gasteiger partial charge in [-0.3, -0.25) is 0 Å². The predicted octanol–water partition coefficient (Wildman–Crippen LogP) is 2.03. The van der Waals surface area contributed by atoms with Gasteiger partial charge in [0.2, 0.25) is 0 Å². The Bertz CT molecular complexity index is 434. The third kappa shape index (κ3) is 2.64. The minimum atomic E-state index is 0.200. The fourth-order valence-corrected chi connectivity index (χ4v) is 1.65. The molecule has 16 heavy (non-hydrogen) atoms. The van der Waals surface area contributed by atoms with Crippen molar-refractivity contribution in [2.75, 3.05) is 0 Å². The van der Waals surface area contributed by atoms with E-state index in [2.05, 4.69) is 34.2 Å². The Labute approximate surface area is 95.4 Å². The van der Waals surface area contributed by atoms with Crippen molar-refractivity contribution in [3.63, 3.8) is 0 Å². The van der Waals surface area contributed by atoms with Crippen molar-refractivity contribution in [3.8, 4) is 11.1 Å². The molecule has 0 fully saturated rings. The second kappa shape index (κ2) is 4.86. The van der Waals surface area contributed by atoms with Crippen molar-refractivity contribution in [1.82, 2.24) is 9.97 Å². The molecule has 0 aliphatic heterocycles. The van der Waals surface area contributed by atoms with Gasteiger partial charge in [0, 0.05) is 24.0 Å². The van der Waals surface area contributed by atoms with Crippen LogP contribution in [0.2, 0.25) is 0 Å². The minimum absolute atomic E-state index is 0.200. The van der Waals surface area contributed by atoms with Gasteiger partial charge < -0.3 is 5.73 Å². The van der Waals surface area contributed by atoms with E-state index in [1.54, 1.807) is 0 Å². The molecule has 0 radical (unpaired) electrons. The second-order valence-corrected chi connectivity index (χ2v) is 4.01. The highest BCUT2D eigenvalue weighted by molar-refractivity contribution is 5.61. The molecule has 1 aromatic carbocycles. The predicted molar refractivity (Wildman–Crippen MR) is 64.8 cm³/mol. The quantitative estimate of drug-likeness (QED) is 0.848. The molecule has 0 aliphatic carbocycles. The van der Waals surface area contributed by atoms with Gasteiger partial charge >= 0.3 is 0 Å². The molecule has 0 bridgehead atoms. The maximum absolute atomic E-state index is 5.75. The maximum atomic E-state index is 5.75. The molecule has 3 heteroatoms. The minimum Gasteiger partial charge on any atom is -0.328 e. The van der Waals surface area contributed by atoms with Gasteiger partial charge in [-0.2, -0.15) is 0 Å². The molecule has 1 heterocycles. The van der Waals surface area contributed by atoms with Crippen LogP contribution in [0.25, 0.3) is 11.1 Å². The van der Waals surface area contributed by atoms with Crippen molar-refractivity contribution in [2.45, 2.75) is 19.4 Å². The number of benzene rings is 1. The summed E-state index contributed by atoms with van der Waals surface area (Å²) in [4.78, 5) is 8.00. The van der Waals surface area contributed by atoms with Crippen LogP contribution in [0.3, 0.4) is 0 Å². The standard InChI is InChI=1S/C13H15N3/c1-10(14)6-11-2-4-12(5-3-11)13-7-15-9-16-8-13/h2-5,7-10H,6,14H2,1H3. The summed E-state index contributed by atoms with van der Waals surface area (Å²) in [6.45, 7) is 2.01. The summed E-state index contributed by atoms with van der Waals surface area (Å²) in [6.07, 6.45) is 6.07. The van der Waals surface area contributed by atoms with Crippen LogP contribution in [0, 0.1) is 0 Å². The van der Waals surface area contributed by atoms with Crippen LogP contribution >= 0.6 is 0 Å². The summed E-state index contributed by atoms with van der Waals surface area (Å²) in [5.74, 6) is 0. The van der Waals surface area contributed by atoms with Crippen molar-refractivity contribution >= 4 is 0 Å². The number of aromatic nitrogens is 2. The van der Waals surface area contributed by atoms with Gasteiger partial charge in [0.25, 0.3) is 0 Å². The Balaban J connectivity index is 2.20. The van der Waals surface area contributed by atoms with Gasteiger partial charge in [0.1, 0.15) is 6.33 Å². The van der Waals surface area contributed by atoms with Gasteiger partial charge in [0.05, 0.1) is 0 Å². The molecule has 0 saturated heterocycles. The van der Waals surface area contributed by atoms with Crippen LogP contribution < -0.4 is 5.73 Å². The van der Waals surface area contributed by atoms with Crippen molar-refractivity contribution < 1.29 is 0 Å². The van der Waals surface area contributed by atoms with E-state index >= 15 is 0 Å². The first-order valence-electron chi connectivity index (χ1n) is 5.35. The molecule has 0 aliphatic rings. The average molecular weight is 213 g/mol. The molecule has 2 rings (SSSR count). The summed E-state index contributed by atoms with van der Waals surface area (Å²) in [6, 6.07) is 8.57. The van der Waals surface area contributed by atoms with Crippen LogP contribution in [-0.2, 0) is 6.42 Å². The van der Waals surface area contributed by atoms with E-state index in [1.165, 1.54) is 11.9 Å². The summed E-state index contributed by atoms with van der Waals surface area (Å²) >= 11 is 0. The number of hydrogen-bond acceptors (Lipinski definition) is 3. The fourth-order valence-electron chi connectivity index (χ4n) is 1.65. The van der Waals surface area contributed by atoms with E-state index in [0.29, 0.717) is 0 Å². The lowest BCUT2D eigenvalue weighted by atomic mass is 10.0. The van der Waals surface area contributed by atoms with Crippen molar-refractivity contribution in [3.05, 3.63) is 48.5 Å². The third-order valence-corrected chi connectivity index (χ3v) is 2.41. The van der Waals surface area contributed by atoms with E-state index < -0.39 is 0 Å². The van der Waals surface area contributed by atoms with Gasteiger partial charge in [-0.05, 0) is 24.5 Å².